The van der Waals surface area contributed by atoms with E-state index in [1.807, 2.05) is 5.32 Å². The predicted molar refractivity (Wildman–Crippen MR) is 134 cm³/mol. The number of rotatable bonds is 17. The van der Waals surface area contributed by atoms with Gasteiger partial charge < -0.3 is 57.9 Å². The lowest BCUT2D eigenvalue weighted by Gasteiger charge is -2.28. The fourth-order valence-electron chi connectivity index (χ4n) is 3.00. The monoisotopic (exact) mass is 578 g/mol. The van der Waals surface area contributed by atoms with E-state index in [0.29, 0.717) is 0 Å². The Morgan fingerprint density at radius 1 is 0.650 bits per heavy atom. The highest BCUT2D eigenvalue weighted by molar-refractivity contribution is 5.96. The Balaban J connectivity index is 5.70. The highest BCUT2D eigenvalue weighted by Gasteiger charge is 2.35. The molecule has 0 aromatic carbocycles. The molecular weight excluding hydrogens is 540 g/mol. The molecule has 0 spiro atoms. The topological polar surface area (TPSA) is 307 Å². The van der Waals surface area contributed by atoms with Crippen LogP contribution in [0.4, 0.5) is 0 Å². The normalized spacial score (nSPS) is 16.9. The van der Waals surface area contributed by atoms with Crippen molar-refractivity contribution in [2.24, 2.45) is 5.73 Å². The van der Waals surface area contributed by atoms with Crippen LogP contribution in [-0.4, -0.2) is 122 Å². The number of hydrogen-bond acceptors (Lipinski definition) is 11. The Morgan fingerprint density at radius 3 is 1.50 bits per heavy atom. The molecule has 18 nitrogen and oxygen atoms in total. The summed E-state index contributed by atoms with van der Waals surface area (Å²) in [6.07, 6.45) is -4.32. The third-order valence-corrected chi connectivity index (χ3v) is 5.37. The number of aliphatic hydroxyl groups excluding tert-OH is 3. The van der Waals surface area contributed by atoms with E-state index in [4.69, 9.17) is 21.1 Å². The molecule has 8 atom stereocenters. The molecule has 12 N–H and O–H groups in total. The van der Waals surface area contributed by atoms with Crippen molar-refractivity contribution in [1.82, 2.24) is 26.6 Å². The maximum Gasteiger partial charge on any atom is 0.328 e. The van der Waals surface area contributed by atoms with Gasteiger partial charge in [-0.1, -0.05) is 0 Å². The van der Waals surface area contributed by atoms with Crippen LogP contribution in [0.3, 0.4) is 0 Å². The first kappa shape index (κ1) is 36.1. The van der Waals surface area contributed by atoms with Crippen molar-refractivity contribution < 1.29 is 59.1 Å². The van der Waals surface area contributed by atoms with E-state index in [1.54, 1.807) is 0 Å². The van der Waals surface area contributed by atoms with Crippen LogP contribution < -0.4 is 32.3 Å². The summed E-state index contributed by atoms with van der Waals surface area (Å²) in [7, 11) is 0. The first-order valence-electron chi connectivity index (χ1n) is 12.1. The second-order valence-electron chi connectivity index (χ2n) is 9.05. The number of carbonyl (C=O) groups is 7. The standard InChI is InChI=1S/C22H38N6O12/c1-8(23)17(34)24-9(2)18(35)27-16(11(4)31)21(38)28-15(10(3)30)20(37)25-12(5-6-14(32)33)19(36)26-13(7-29)22(39)40/h8-13,15-16,29-31H,5-7,23H2,1-4H3,(H,24,34)(H,25,37)(H,26,36)(H,27,35)(H,28,38)(H,32,33)(H,39,40)/t8-,9-,10+,11+,12-,13-,15-,16-/m0/s1. The highest BCUT2D eigenvalue weighted by atomic mass is 16.4. The molecule has 0 rings (SSSR count). The maximum atomic E-state index is 12.9. The van der Waals surface area contributed by atoms with E-state index >= 15 is 0 Å². The molecule has 228 valence electrons. The molecule has 0 saturated carbocycles. The van der Waals surface area contributed by atoms with Crippen LogP contribution >= 0.6 is 0 Å². The molecule has 0 fully saturated rings. The van der Waals surface area contributed by atoms with Gasteiger partial charge in [0.15, 0.2) is 0 Å². The molecule has 0 heterocycles. The van der Waals surface area contributed by atoms with Gasteiger partial charge in [0.2, 0.25) is 29.5 Å². The zero-order chi connectivity index (χ0) is 31.3. The van der Waals surface area contributed by atoms with Gasteiger partial charge in [0.25, 0.3) is 0 Å². The summed E-state index contributed by atoms with van der Waals surface area (Å²) in [6, 6.07) is -9.00. The number of aliphatic hydroxyl groups is 3. The smallest absolute Gasteiger partial charge is 0.328 e. The Morgan fingerprint density at radius 2 is 1.10 bits per heavy atom. The molecule has 5 amide bonds. The van der Waals surface area contributed by atoms with Gasteiger partial charge in [-0.05, 0) is 34.1 Å². The van der Waals surface area contributed by atoms with Crippen molar-refractivity contribution in [2.75, 3.05) is 6.61 Å². The van der Waals surface area contributed by atoms with Crippen LogP contribution in [0.15, 0.2) is 0 Å². The van der Waals surface area contributed by atoms with Crippen molar-refractivity contribution >= 4 is 41.5 Å². The number of nitrogens with two attached hydrogens (primary N) is 1. The SMILES string of the molecule is C[C@H](N)C(=O)N[C@@H](C)C(=O)N[C@H](C(=O)N[C@H](C(=O)N[C@@H](CCC(=O)O)C(=O)N[C@@H](CO)C(=O)O)[C@@H](C)O)[C@@H](C)O. The van der Waals surface area contributed by atoms with Crippen LogP contribution in [0, 0.1) is 0 Å². The molecule has 0 radical (unpaired) electrons. The molecule has 0 aliphatic rings. The molecule has 0 aromatic heterocycles. The molecule has 18 heteroatoms. The number of carboxylic acid groups (broad SMARTS) is 2. The summed E-state index contributed by atoms with van der Waals surface area (Å²) in [5.41, 5.74) is 5.42. The van der Waals surface area contributed by atoms with Gasteiger partial charge in [-0.2, -0.15) is 0 Å². The molecule has 0 aromatic rings. The molecule has 40 heavy (non-hydrogen) atoms. The third kappa shape index (κ3) is 12.3. The lowest BCUT2D eigenvalue weighted by atomic mass is 10.1. The van der Waals surface area contributed by atoms with E-state index in [9.17, 15) is 43.8 Å². The molecule has 0 aliphatic carbocycles. The summed E-state index contributed by atoms with van der Waals surface area (Å²) in [5.74, 6) is -8.02. The van der Waals surface area contributed by atoms with E-state index in [-0.39, 0.29) is 0 Å². The number of carbonyl (C=O) groups excluding carboxylic acids is 5. The minimum atomic E-state index is -1.80. The Labute approximate surface area is 229 Å². The van der Waals surface area contributed by atoms with Crippen molar-refractivity contribution in [3.05, 3.63) is 0 Å². The van der Waals surface area contributed by atoms with Crippen molar-refractivity contribution in [3.8, 4) is 0 Å². The summed E-state index contributed by atoms with van der Waals surface area (Å²) in [6.45, 7) is 3.88. The number of amides is 5. The molecular formula is C22H38N6O12. The van der Waals surface area contributed by atoms with E-state index in [0.717, 1.165) is 13.8 Å². The second-order valence-corrected chi connectivity index (χ2v) is 9.05. The van der Waals surface area contributed by atoms with Gasteiger partial charge in [-0.25, -0.2) is 4.79 Å². The van der Waals surface area contributed by atoms with Crippen LogP contribution in [-0.2, 0) is 33.6 Å². The first-order chi connectivity index (χ1) is 18.4. The average molecular weight is 579 g/mol. The summed E-state index contributed by atoms with van der Waals surface area (Å²) >= 11 is 0. The van der Waals surface area contributed by atoms with Gasteiger partial charge in [0.05, 0.1) is 24.9 Å². The van der Waals surface area contributed by atoms with Crippen LogP contribution in [0.2, 0.25) is 0 Å². The minimum absolute atomic E-state index is 0.525. The zero-order valence-corrected chi connectivity index (χ0v) is 22.4. The number of carboxylic acids is 2. The summed E-state index contributed by atoms with van der Waals surface area (Å²) in [4.78, 5) is 84.5. The Kier molecular flexibility index (Phi) is 15.3. The fourth-order valence-corrected chi connectivity index (χ4v) is 3.00. The van der Waals surface area contributed by atoms with E-state index < -0.39 is 109 Å². The quantitative estimate of drug-likeness (QED) is 0.0768. The first-order valence-corrected chi connectivity index (χ1v) is 12.1. The van der Waals surface area contributed by atoms with Crippen LogP contribution in [0.25, 0.3) is 0 Å². The third-order valence-electron chi connectivity index (χ3n) is 5.37. The fraction of sp³-hybridized carbons (Fsp3) is 0.682. The lowest BCUT2D eigenvalue weighted by molar-refractivity contribution is -0.144. The summed E-state index contributed by atoms with van der Waals surface area (Å²) < 4.78 is 0. The van der Waals surface area contributed by atoms with Crippen LogP contribution in [0.1, 0.15) is 40.5 Å². The van der Waals surface area contributed by atoms with Crippen molar-refractivity contribution in [2.45, 2.75) is 89.0 Å². The largest absolute Gasteiger partial charge is 0.481 e. The molecule has 0 unspecified atom stereocenters. The minimum Gasteiger partial charge on any atom is -0.481 e. The van der Waals surface area contributed by atoms with Crippen LogP contribution in [0.5, 0.6) is 0 Å². The molecule has 0 aliphatic heterocycles. The number of aliphatic carboxylic acids is 2. The zero-order valence-electron chi connectivity index (χ0n) is 22.4. The van der Waals surface area contributed by atoms with Crippen molar-refractivity contribution in [3.63, 3.8) is 0 Å². The second kappa shape index (κ2) is 17.0. The number of hydrogen-bond donors (Lipinski definition) is 11. The summed E-state index contributed by atoms with van der Waals surface area (Å²) in [5, 5.41) is 57.9. The predicted octanol–water partition coefficient (Wildman–Crippen LogP) is -5.52. The number of nitrogens with one attached hydrogen (secondary N) is 5. The Bertz CT molecular complexity index is 941. The lowest BCUT2D eigenvalue weighted by Crippen LogP contribution is -2.62. The van der Waals surface area contributed by atoms with Gasteiger partial charge in [0, 0.05) is 6.42 Å². The van der Waals surface area contributed by atoms with Gasteiger partial charge in [-0.3, -0.25) is 28.8 Å². The van der Waals surface area contributed by atoms with E-state index in [1.165, 1.54) is 13.8 Å². The van der Waals surface area contributed by atoms with Gasteiger partial charge >= 0.3 is 11.9 Å². The maximum absolute atomic E-state index is 12.9. The Hall–Kier alpha value is -3.87. The molecule has 0 bridgehead atoms. The molecule has 0 saturated heterocycles. The van der Waals surface area contributed by atoms with Crippen molar-refractivity contribution in [1.29, 1.82) is 0 Å². The average Bonchev–Trinajstić information content (AvgIpc) is 2.84. The van der Waals surface area contributed by atoms with E-state index in [2.05, 4.69) is 21.3 Å². The highest BCUT2D eigenvalue weighted by Crippen LogP contribution is 2.04. The van der Waals surface area contributed by atoms with Gasteiger partial charge in [-0.15, -0.1) is 0 Å². The van der Waals surface area contributed by atoms with Gasteiger partial charge in [0.1, 0.15) is 30.2 Å².